The van der Waals surface area contributed by atoms with Crippen molar-refractivity contribution in [3.8, 4) is 11.3 Å². The lowest BCUT2D eigenvalue weighted by molar-refractivity contribution is -0.144. The number of hydrogen-bond donors (Lipinski definition) is 0. The molecule has 0 aliphatic rings. The van der Waals surface area contributed by atoms with Crippen molar-refractivity contribution >= 4 is 11.6 Å². The van der Waals surface area contributed by atoms with Crippen LogP contribution in [0.3, 0.4) is 0 Å². The fourth-order valence-corrected chi connectivity index (χ4v) is 1.53. The van der Waals surface area contributed by atoms with Crippen molar-refractivity contribution in [3.63, 3.8) is 0 Å². The molecule has 2 nitrogen and oxygen atoms in total. The van der Waals surface area contributed by atoms with Gasteiger partial charge in [0.25, 0.3) is 0 Å². The van der Waals surface area contributed by atoms with E-state index in [2.05, 4.69) is 9.97 Å². The largest absolute Gasteiger partial charge is 0.451 e. The summed E-state index contributed by atoms with van der Waals surface area (Å²) in [4.78, 5) is 6.27. The first-order valence-electron chi connectivity index (χ1n) is 4.84. The van der Waals surface area contributed by atoms with Gasteiger partial charge in [-0.05, 0) is 18.2 Å². The zero-order valence-electron chi connectivity index (χ0n) is 8.97. The Balaban J connectivity index is 2.56. The van der Waals surface area contributed by atoms with Crippen molar-refractivity contribution in [2.45, 2.75) is 6.18 Å². The Hall–Kier alpha value is -1.76. The average molecular weight is 295 g/mol. The van der Waals surface area contributed by atoms with E-state index >= 15 is 0 Å². The molecule has 2 aromatic rings. The van der Waals surface area contributed by atoms with Gasteiger partial charge in [-0.3, -0.25) is 0 Å². The number of halogens is 6. The molecule has 0 spiro atoms. The molecule has 0 aliphatic heterocycles. The van der Waals surface area contributed by atoms with Crippen LogP contribution in [0.5, 0.6) is 0 Å². The van der Waals surface area contributed by atoms with Crippen LogP contribution in [-0.2, 0) is 6.18 Å². The van der Waals surface area contributed by atoms with Crippen molar-refractivity contribution in [2.75, 3.05) is 0 Å². The summed E-state index contributed by atoms with van der Waals surface area (Å²) in [6.07, 6.45) is -4.78. The molecule has 1 aromatic heterocycles. The topological polar surface area (TPSA) is 25.8 Å². The van der Waals surface area contributed by atoms with Crippen molar-refractivity contribution in [3.05, 3.63) is 46.9 Å². The van der Waals surface area contributed by atoms with Gasteiger partial charge in [-0.2, -0.15) is 13.2 Å². The van der Waals surface area contributed by atoms with E-state index in [9.17, 15) is 22.0 Å². The van der Waals surface area contributed by atoms with Gasteiger partial charge < -0.3 is 0 Å². The Kier molecular flexibility index (Phi) is 3.40. The van der Waals surface area contributed by atoms with E-state index in [0.29, 0.717) is 0 Å². The van der Waals surface area contributed by atoms with Crippen molar-refractivity contribution in [1.82, 2.24) is 9.97 Å². The van der Waals surface area contributed by atoms with Crippen LogP contribution < -0.4 is 0 Å². The van der Waals surface area contributed by atoms with Gasteiger partial charge in [-0.1, -0.05) is 11.6 Å². The predicted molar refractivity (Wildman–Crippen MR) is 57.4 cm³/mol. The van der Waals surface area contributed by atoms with Gasteiger partial charge in [0, 0.05) is 11.6 Å². The predicted octanol–water partition coefficient (Wildman–Crippen LogP) is 4.09. The van der Waals surface area contributed by atoms with Crippen molar-refractivity contribution in [1.29, 1.82) is 0 Å². The summed E-state index contributed by atoms with van der Waals surface area (Å²) in [5, 5.41) is -0.443. The van der Waals surface area contributed by atoms with E-state index in [0.717, 1.165) is 24.3 Å². The molecule has 0 N–H and O–H groups in total. The molecule has 0 saturated heterocycles. The Labute approximate surface area is 108 Å². The molecule has 0 atom stereocenters. The molecule has 0 bridgehead atoms. The molecule has 1 heterocycles. The highest BCUT2D eigenvalue weighted by Gasteiger charge is 2.35. The highest BCUT2D eigenvalue weighted by Crippen LogP contribution is 2.30. The average Bonchev–Trinajstić information content (AvgIpc) is 2.31. The van der Waals surface area contributed by atoms with E-state index < -0.39 is 28.8 Å². The first kappa shape index (κ1) is 13.7. The van der Waals surface area contributed by atoms with Crippen LogP contribution in [-0.4, -0.2) is 9.97 Å². The third-order valence-electron chi connectivity index (χ3n) is 2.16. The molecule has 2 rings (SSSR count). The van der Waals surface area contributed by atoms with Crippen molar-refractivity contribution in [2.24, 2.45) is 0 Å². The number of hydrogen-bond acceptors (Lipinski definition) is 2. The molecule has 0 saturated carbocycles. The minimum atomic E-state index is -4.78. The molecule has 0 radical (unpaired) electrons. The number of alkyl halides is 3. The lowest BCUT2D eigenvalue weighted by atomic mass is 10.1. The second kappa shape index (κ2) is 4.73. The molecule has 0 fully saturated rings. The molecule has 0 aliphatic carbocycles. The van der Waals surface area contributed by atoms with E-state index in [1.807, 2.05) is 0 Å². The molecule has 1 aromatic carbocycles. The standard InChI is InChI=1S/C11H4ClF5N2/c12-9-4-8(18-10(19-9)11(15,16)17)5-1-2-6(13)7(14)3-5/h1-4H. The molecule has 8 heteroatoms. The number of nitrogens with zero attached hydrogens (tertiary/aromatic N) is 2. The number of aromatic nitrogens is 2. The maximum Gasteiger partial charge on any atom is 0.451 e. The van der Waals surface area contributed by atoms with Crippen LogP contribution in [0.1, 0.15) is 5.82 Å². The number of rotatable bonds is 1. The third-order valence-corrected chi connectivity index (χ3v) is 2.36. The second-order valence-electron chi connectivity index (χ2n) is 3.53. The zero-order valence-corrected chi connectivity index (χ0v) is 9.73. The molecule has 0 amide bonds. The first-order chi connectivity index (χ1) is 8.77. The second-order valence-corrected chi connectivity index (χ2v) is 3.91. The van der Waals surface area contributed by atoms with Gasteiger partial charge in [0.2, 0.25) is 5.82 Å². The van der Waals surface area contributed by atoms with Gasteiger partial charge in [-0.15, -0.1) is 0 Å². The highest BCUT2D eigenvalue weighted by atomic mass is 35.5. The van der Waals surface area contributed by atoms with Crippen LogP contribution in [0, 0.1) is 11.6 Å². The van der Waals surface area contributed by atoms with E-state index in [4.69, 9.17) is 11.6 Å². The van der Waals surface area contributed by atoms with Gasteiger partial charge in [0.05, 0.1) is 5.69 Å². The van der Waals surface area contributed by atoms with E-state index in [-0.39, 0.29) is 11.3 Å². The molecule has 100 valence electrons. The Morgan fingerprint density at radius 1 is 0.947 bits per heavy atom. The Bertz CT molecular complexity index is 627. The van der Waals surface area contributed by atoms with Gasteiger partial charge >= 0.3 is 6.18 Å². The zero-order chi connectivity index (χ0) is 14.2. The highest BCUT2D eigenvalue weighted by molar-refractivity contribution is 6.29. The lowest BCUT2D eigenvalue weighted by Gasteiger charge is -2.08. The fourth-order valence-electron chi connectivity index (χ4n) is 1.35. The summed E-state index contributed by atoms with van der Waals surface area (Å²) in [6, 6.07) is 3.64. The summed E-state index contributed by atoms with van der Waals surface area (Å²) in [5.41, 5.74) is -0.278. The normalized spacial score (nSPS) is 11.7. The molecular formula is C11H4ClF5N2. The van der Waals surface area contributed by atoms with Crippen LogP contribution in [0.15, 0.2) is 24.3 Å². The lowest BCUT2D eigenvalue weighted by Crippen LogP contribution is -2.11. The van der Waals surface area contributed by atoms with Gasteiger partial charge in [0.15, 0.2) is 11.6 Å². The smallest absolute Gasteiger partial charge is 0.224 e. The molecule has 19 heavy (non-hydrogen) atoms. The molecular weight excluding hydrogens is 291 g/mol. The molecule has 0 unspecified atom stereocenters. The third kappa shape index (κ3) is 2.98. The summed E-state index contributed by atoms with van der Waals surface area (Å²) in [7, 11) is 0. The summed E-state index contributed by atoms with van der Waals surface area (Å²) >= 11 is 5.46. The van der Waals surface area contributed by atoms with Crippen LogP contribution in [0.4, 0.5) is 22.0 Å². The minimum Gasteiger partial charge on any atom is -0.224 e. The monoisotopic (exact) mass is 294 g/mol. The summed E-state index contributed by atoms with van der Waals surface area (Å²) < 4.78 is 63.2. The maximum atomic E-state index is 13.0. The van der Waals surface area contributed by atoms with Crippen molar-refractivity contribution < 1.29 is 22.0 Å². The first-order valence-corrected chi connectivity index (χ1v) is 5.22. The summed E-state index contributed by atoms with van der Waals surface area (Å²) in [5.74, 6) is -3.75. The van der Waals surface area contributed by atoms with E-state index in [1.165, 1.54) is 0 Å². The van der Waals surface area contributed by atoms with Gasteiger partial charge in [0.1, 0.15) is 5.15 Å². The van der Waals surface area contributed by atoms with Crippen LogP contribution >= 0.6 is 11.6 Å². The fraction of sp³-hybridized carbons (Fsp3) is 0.0909. The quantitative estimate of drug-likeness (QED) is 0.585. The van der Waals surface area contributed by atoms with E-state index in [1.54, 1.807) is 0 Å². The minimum absolute atomic E-state index is 0.0336. The van der Waals surface area contributed by atoms with Gasteiger partial charge in [-0.25, -0.2) is 18.7 Å². The Morgan fingerprint density at radius 3 is 2.21 bits per heavy atom. The maximum absolute atomic E-state index is 13.0. The SMILES string of the molecule is Fc1ccc(-c2cc(Cl)nc(C(F)(F)F)n2)cc1F. The Morgan fingerprint density at radius 2 is 1.63 bits per heavy atom. The van der Waals surface area contributed by atoms with Crippen LogP contribution in [0.25, 0.3) is 11.3 Å². The number of benzene rings is 1. The summed E-state index contributed by atoms with van der Waals surface area (Å²) in [6.45, 7) is 0. The van der Waals surface area contributed by atoms with Crippen LogP contribution in [0.2, 0.25) is 5.15 Å².